The van der Waals surface area contributed by atoms with Crippen LogP contribution in [0.1, 0.15) is 29.2 Å². The van der Waals surface area contributed by atoms with E-state index in [4.69, 9.17) is 9.15 Å². The van der Waals surface area contributed by atoms with E-state index in [1.807, 2.05) is 0 Å². The Morgan fingerprint density at radius 1 is 1.44 bits per heavy atom. The number of hydrogen-bond donors (Lipinski definition) is 1. The van der Waals surface area contributed by atoms with Crippen LogP contribution in [0.5, 0.6) is 0 Å². The van der Waals surface area contributed by atoms with Crippen molar-refractivity contribution in [2.24, 2.45) is 0 Å². The number of rotatable bonds is 2. The summed E-state index contributed by atoms with van der Waals surface area (Å²) in [6.45, 7) is 0.982. The summed E-state index contributed by atoms with van der Waals surface area (Å²) in [4.78, 5) is 11.2. The van der Waals surface area contributed by atoms with Crippen LogP contribution in [-0.4, -0.2) is 31.4 Å². The number of ether oxygens (including phenoxy) is 2. The van der Waals surface area contributed by atoms with Gasteiger partial charge in [-0.25, -0.2) is 4.79 Å². The lowest BCUT2D eigenvalue weighted by molar-refractivity contribution is -0.0804. The fourth-order valence-electron chi connectivity index (χ4n) is 1.75. The maximum atomic E-state index is 11.2. The zero-order valence-electron chi connectivity index (χ0n) is 9.06. The number of carbonyl (C=O) groups is 1. The Labute approximate surface area is 93.0 Å². The number of esters is 1. The minimum atomic E-state index is -1.02. The van der Waals surface area contributed by atoms with Gasteiger partial charge in [0.1, 0.15) is 11.4 Å². The predicted molar refractivity (Wildman–Crippen MR) is 54.0 cm³/mol. The van der Waals surface area contributed by atoms with Gasteiger partial charge in [0.2, 0.25) is 5.76 Å². The standard InChI is InChI=1S/C11H14O5/c1-14-10(12)8-2-3-9(16-8)11(13)4-6-15-7-5-11/h2-3,13H,4-7H2,1H3. The normalized spacial score (nSPS) is 19.4. The van der Waals surface area contributed by atoms with Gasteiger partial charge in [-0.15, -0.1) is 0 Å². The highest BCUT2D eigenvalue weighted by molar-refractivity contribution is 5.86. The highest BCUT2D eigenvalue weighted by atomic mass is 16.5. The molecule has 0 saturated carbocycles. The van der Waals surface area contributed by atoms with Crippen molar-refractivity contribution in [3.05, 3.63) is 23.7 Å². The minimum Gasteiger partial charge on any atom is -0.463 e. The maximum absolute atomic E-state index is 11.2. The molecule has 88 valence electrons. The quantitative estimate of drug-likeness (QED) is 0.764. The molecule has 0 radical (unpaired) electrons. The van der Waals surface area contributed by atoms with Gasteiger partial charge in [0.25, 0.3) is 0 Å². The van der Waals surface area contributed by atoms with Gasteiger partial charge in [0.05, 0.1) is 7.11 Å². The summed E-state index contributed by atoms with van der Waals surface area (Å²) in [6.07, 6.45) is 0.947. The molecule has 0 aliphatic carbocycles. The van der Waals surface area contributed by atoms with Crippen LogP contribution in [-0.2, 0) is 15.1 Å². The van der Waals surface area contributed by atoms with E-state index in [9.17, 15) is 9.90 Å². The fourth-order valence-corrected chi connectivity index (χ4v) is 1.75. The maximum Gasteiger partial charge on any atom is 0.373 e. The molecule has 0 aromatic carbocycles. The van der Waals surface area contributed by atoms with Crippen molar-refractivity contribution in [2.75, 3.05) is 20.3 Å². The van der Waals surface area contributed by atoms with E-state index in [-0.39, 0.29) is 5.76 Å². The van der Waals surface area contributed by atoms with Crippen molar-refractivity contribution >= 4 is 5.97 Å². The molecule has 16 heavy (non-hydrogen) atoms. The topological polar surface area (TPSA) is 68.9 Å². The third-order valence-electron chi connectivity index (χ3n) is 2.77. The number of carbonyl (C=O) groups excluding carboxylic acids is 1. The third-order valence-corrected chi connectivity index (χ3v) is 2.77. The monoisotopic (exact) mass is 226 g/mol. The number of hydrogen-bond acceptors (Lipinski definition) is 5. The van der Waals surface area contributed by atoms with Crippen molar-refractivity contribution in [3.8, 4) is 0 Å². The summed E-state index contributed by atoms with van der Waals surface area (Å²) >= 11 is 0. The van der Waals surface area contributed by atoms with E-state index in [2.05, 4.69) is 4.74 Å². The molecular formula is C11H14O5. The molecule has 2 heterocycles. The first-order valence-corrected chi connectivity index (χ1v) is 5.14. The lowest BCUT2D eigenvalue weighted by atomic mass is 9.92. The minimum absolute atomic E-state index is 0.109. The number of furan rings is 1. The van der Waals surface area contributed by atoms with E-state index in [0.29, 0.717) is 31.8 Å². The van der Waals surface area contributed by atoms with Crippen LogP contribution in [0, 0.1) is 0 Å². The smallest absolute Gasteiger partial charge is 0.373 e. The molecule has 1 N–H and O–H groups in total. The van der Waals surface area contributed by atoms with Crippen molar-refractivity contribution in [3.63, 3.8) is 0 Å². The second-order valence-corrected chi connectivity index (χ2v) is 3.80. The van der Waals surface area contributed by atoms with Gasteiger partial charge in [-0.3, -0.25) is 0 Å². The van der Waals surface area contributed by atoms with Crippen molar-refractivity contribution in [1.82, 2.24) is 0 Å². The zero-order valence-corrected chi connectivity index (χ0v) is 9.06. The van der Waals surface area contributed by atoms with Gasteiger partial charge in [0.15, 0.2) is 0 Å². The first-order chi connectivity index (χ1) is 7.65. The van der Waals surface area contributed by atoms with Gasteiger partial charge in [-0.1, -0.05) is 0 Å². The summed E-state index contributed by atoms with van der Waals surface area (Å²) in [5.41, 5.74) is -1.02. The predicted octanol–water partition coefficient (Wildman–Crippen LogP) is 1.06. The van der Waals surface area contributed by atoms with Crippen LogP contribution in [0.15, 0.2) is 16.5 Å². The van der Waals surface area contributed by atoms with Crippen molar-refractivity contribution in [2.45, 2.75) is 18.4 Å². The van der Waals surface area contributed by atoms with Crippen molar-refractivity contribution < 1.29 is 23.8 Å². The zero-order chi connectivity index (χ0) is 11.6. The number of methoxy groups -OCH3 is 1. The Morgan fingerprint density at radius 2 is 2.12 bits per heavy atom. The Hall–Kier alpha value is -1.33. The Bertz CT molecular complexity index is 375. The molecule has 5 heteroatoms. The highest BCUT2D eigenvalue weighted by Crippen LogP contribution is 2.33. The fraction of sp³-hybridized carbons (Fsp3) is 0.545. The van der Waals surface area contributed by atoms with E-state index < -0.39 is 11.6 Å². The Balaban J connectivity index is 2.20. The van der Waals surface area contributed by atoms with Gasteiger partial charge in [0, 0.05) is 26.1 Å². The molecule has 0 unspecified atom stereocenters. The molecule has 1 aromatic heterocycles. The van der Waals surface area contributed by atoms with E-state index in [0.717, 1.165) is 0 Å². The van der Waals surface area contributed by atoms with Crippen LogP contribution in [0.4, 0.5) is 0 Å². The molecule has 0 bridgehead atoms. The van der Waals surface area contributed by atoms with Gasteiger partial charge in [-0.2, -0.15) is 0 Å². The first kappa shape index (κ1) is 11.2. The van der Waals surface area contributed by atoms with Crippen LogP contribution >= 0.6 is 0 Å². The molecule has 0 amide bonds. The highest BCUT2D eigenvalue weighted by Gasteiger charge is 2.35. The van der Waals surface area contributed by atoms with Crippen LogP contribution in [0.2, 0.25) is 0 Å². The second-order valence-electron chi connectivity index (χ2n) is 3.80. The average Bonchev–Trinajstić information content (AvgIpc) is 2.79. The molecule has 0 spiro atoms. The summed E-state index contributed by atoms with van der Waals surface area (Å²) < 4.78 is 15.0. The summed E-state index contributed by atoms with van der Waals surface area (Å²) in [5, 5.41) is 10.3. The molecule has 1 aromatic rings. The molecule has 1 aliphatic rings. The summed E-state index contributed by atoms with van der Waals surface area (Å²) in [7, 11) is 1.29. The van der Waals surface area contributed by atoms with Gasteiger partial charge in [-0.05, 0) is 12.1 Å². The summed E-state index contributed by atoms with van der Waals surface area (Å²) in [5.74, 6) is -0.0319. The van der Waals surface area contributed by atoms with Crippen molar-refractivity contribution in [1.29, 1.82) is 0 Å². The summed E-state index contributed by atoms with van der Waals surface area (Å²) in [6, 6.07) is 3.12. The number of aliphatic hydroxyl groups is 1. The van der Waals surface area contributed by atoms with Crippen LogP contribution < -0.4 is 0 Å². The van der Waals surface area contributed by atoms with Gasteiger partial charge < -0.3 is 19.0 Å². The van der Waals surface area contributed by atoms with Gasteiger partial charge >= 0.3 is 5.97 Å². The lowest BCUT2D eigenvalue weighted by Crippen LogP contribution is -2.33. The van der Waals surface area contributed by atoms with E-state index in [1.165, 1.54) is 13.2 Å². The molecule has 2 rings (SSSR count). The largest absolute Gasteiger partial charge is 0.463 e. The Kier molecular flexibility index (Phi) is 2.98. The molecular weight excluding hydrogens is 212 g/mol. The molecule has 1 fully saturated rings. The molecule has 1 aliphatic heterocycles. The molecule has 5 nitrogen and oxygen atoms in total. The van der Waals surface area contributed by atoms with E-state index >= 15 is 0 Å². The lowest BCUT2D eigenvalue weighted by Gasteiger charge is -2.29. The molecule has 0 atom stereocenters. The first-order valence-electron chi connectivity index (χ1n) is 5.14. The van der Waals surface area contributed by atoms with E-state index in [1.54, 1.807) is 6.07 Å². The Morgan fingerprint density at radius 3 is 2.75 bits per heavy atom. The van der Waals surface area contributed by atoms with Crippen LogP contribution in [0.25, 0.3) is 0 Å². The molecule has 1 saturated heterocycles. The third kappa shape index (κ3) is 1.96. The second kappa shape index (κ2) is 4.27. The average molecular weight is 226 g/mol. The van der Waals surface area contributed by atoms with Crippen LogP contribution in [0.3, 0.4) is 0 Å². The SMILES string of the molecule is COC(=O)c1ccc(C2(O)CCOCC2)o1.